The van der Waals surface area contributed by atoms with Crippen molar-refractivity contribution in [2.75, 3.05) is 20.3 Å². The molecule has 1 aromatic carbocycles. The Morgan fingerprint density at radius 2 is 1.89 bits per heavy atom. The Kier molecular flexibility index (Phi) is 5.39. The second kappa shape index (κ2) is 6.81. The minimum atomic E-state index is -0.953. The Morgan fingerprint density at radius 3 is 2.39 bits per heavy atom. The smallest absolute Gasteiger partial charge is 0.328 e. The number of benzene rings is 1. The zero-order valence-corrected chi connectivity index (χ0v) is 10.9. The average molecular weight is 250 g/mol. The molecule has 0 unspecified atom stereocenters. The van der Waals surface area contributed by atoms with E-state index < -0.39 is 5.97 Å². The molecule has 0 bridgehead atoms. The highest BCUT2D eigenvalue weighted by Gasteiger charge is 2.05. The Labute approximate surface area is 107 Å². The van der Waals surface area contributed by atoms with Crippen LogP contribution >= 0.6 is 0 Å². The Hall–Kier alpha value is -1.81. The summed E-state index contributed by atoms with van der Waals surface area (Å²) in [7, 11) is 1.63. The molecular formula is C14H18O4. The highest BCUT2D eigenvalue weighted by Crippen LogP contribution is 2.25. The van der Waals surface area contributed by atoms with Gasteiger partial charge in [-0.1, -0.05) is 0 Å². The fraction of sp³-hybridized carbons (Fsp3) is 0.357. The summed E-state index contributed by atoms with van der Waals surface area (Å²) in [5, 5.41) is 8.59. The summed E-state index contributed by atoms with van der Waals surface area (Å²) < 4.78 is 10.6. The van der Waals surface area contributed by atoms with Gasteiger partial charge in [0.15, 0.2) is 0 Å². The minimum Gasteiger partial charge on any atom is -0.491 e. The number of hydrogen-bond acceptors (Lipinski definition) is 3. The zero-order chi connectivity index (χ0) is 13.5. The van der Waals surface area contributed by atoms with Crippen LogP contribution in [0.1, 0.15) is 16.7 Å². The fourth-order valence-corrected chi connectivity index (χ4v) is 1.70. The van der Waals surface area contributed by atoms with Crippen LogP contribution in [0, 0.1) is 13.8 Å². The van der Waals surface area contributed by atoms with E-state index in [0.29, 0.717) is 13.2 Å². The van der Waals surface area contributed by atoms with E-state index in [0.717, 1.165) is 28.5 Å². The van der Waals surface area contributed by atoms with Gasteiger partial charge in [0.2, 0.25) is 0 Å². The van der Waals surface area contributed by atoms with E-state index in [2.05, 4.69) is 0 Å². The van der Waals surface area contributed by atoms with Crippen molar-refractivity contribution in [2.45, 2.75) is 13.8 Å². The van der Waals surface area contributed by atoms with E-state index in [9.17, 15) is 4.79 Å². The van der Waals surface area contributed by atoms with Gasteiger partial charge < -0.3 is 14.6 Å². The zero-order valence-electron chi connectivity index (χ0n) is 10.9. The number of methoxy groups -OCH3 is 1. The van der Waals surface area contributed by atoms with Crippen molar-refractivity contribution in [1.82, 2.24) is 0 Å². The highest BCUT2D eigenvalue weighted by atomic mass is 16.5. The molecule has 0 aliphatic heterocycles. The lowest BCUT2D eigenvalue weighted by molar-refractivity contribution is -0.131. The van der Waals surface area contributed by atoms with Gasteiger partial charge in [-0.2, -0.15) is 0 Å². The maximum Gasteiger partial charge on any atom is 0.328 e. The summed E-state index contributed by atoms with van der Waals surface area (Å²) in [6, 6.07) is 3.79. The van der Waals surface area contributed by atoms with Crippen molar-refractivity contribution in [2.24, 2.45) is 0 Å². The van der Waals surface area contributed by atoms with Gasteiger partial charge in [-0.15, -0.1) is 0 Å². The van der Waals surface area contributed by atoms with Crippen LogP contribution in [0.5, 0.6) is 5.75 Å². The predicted molar refractivity (Wildman–Crippen MR) is 70.0 cm³/mol. The first-order valence-corrected chi connectivity index (χ1v) is 5.68. The predicted octanol–water partition coefficient (Wildman–Crippen LogP) is 2.43. The Morgan fingerprint density at radius 1 is 1.28 bits per heavy atom. The lowest BCUT2D eigenvalue weighted by Gasteiger charge is -2.12. The summed E-state index contributed by atoms with van der Waals surface area (Å²) >= 11 is 0. The molecule has 1 N–H and O–H groups in total. The molecular weight excluding hydrogens is 232 g/mol. The van der Waals surface area contributed by atoms with Crippen LogP contribution in [0.15, 0.2) is 18.2 Å². The van der Waals surface area contributed by atoms with Gasteiger partial charge >= 0.3 is 5.97 Å². The molecule has 1 rings (SSSR count). The second-order valence-electron chi connectivity index (χ2n) is 4.00. The van der Waals surface area contributed by atoms with Crippen LogP contribution in [0.3, 0.4) is 0 Å². The van der Waals surface area contributed by atoms with Crippen molar-refractivity contribution >= 4 is 12.0 Å². The minimum absolute atomic E-state index is 0.502. The summed E-state index contributed by atoms with van der Waals surface area (Å²) in [6.45, 7) is 4.92. The normalized spacial score (nSPS) is 10.8. The van der Waals surface area contributed by atoms with E-state index >= 15 is 0 Å². The molecule has 0 aliphatic rings. The summed E-state index contributed by atoms with van der Waals surface area (Å²) in [5.74, 6) is -0.120. The number of aliphatic carboxylic acids is 1. The number of aryl methyl sites for hydroxylation is 2. The van der Waals surface area contributed by atoms with Crippen LogP contribution in [0.2, 0.25) is 0 Å². The van der Waals surface area contributed by atoms with Gasteiger partial charge in [0, 0.05) is 13.2 Å². The average Bonchev–Trinajstić information content (AvgIpc) is 2.30. The third-order valence-corrected chi connectivity index (χ3v) is 2.43. The van der Waals surface area contributed by atoms with Gasteiger partial charge in [0.1, 0.15) is 12.4 Å². The van der Waals surface area contributed by atoms with Crippen LogP contribution in [-0.2, 0) is 9.53 Å². The number of rotatable bonds is 6. The highest BCUT2D eigenvalue weighted by molar-refractivity contribution is 5.85. The van der Waals surface area contributed by atoms with Gasteiger partial charge in [0.25, 0.3) is 0 Å². The summed E-state index contributed by atoms with van der Waals surface area (Å²) in [4.78, 5) is 10.5. The number of carbonyl (C=O) groups is 1. The molecule has 0 amide bonds. The van der Waals surface area contributed by atoms with Crippen LogP contribution in [0.25, 0.3) is 6.08 Å². The van der Waals surface area contributed by atoms with Gasteiger partial charge in [-0.3, -0.25) is 0 Å². The van der Waals surface area contributed by atoms with E-state index in [4.69, 9.17) is 14.6 Å². The van der Waals surface area contributed by atoms with Crippen molar-refractivity contribution < 1.29 is 19.4 Å². The molecule has 98 valence electrons. The van der Waals surface area contributed by atoms with Crippen molar-refractivity contribution in [3.05, 3.63) is 34.9 Å². The first-order chi connectivity index (χ1) is 8.54. The Bertz CT molecular complexity index is 426. The van der Waals surface area contributed by atoms with Crippen molar-refractivity contribution in [1.29, 1.82) is 0 Å². The fourth-order valence-electron chi connectivity index (χ4n) is 1.70. The van der Waals surface area contributed by atoms with Gasteiger partial charge in [-0.25, -0.2) is 4.79 Å². The SMILES string of the molecule is COCCOc1c(C)cc(/C=C/C(=O)O)cc1C. The van der Waals surface area contributed by atoms with Gasteiger partial charge in [0.05, 0.1) is 6.61 Å². The molecule has 0 aliphatic carbocycles. The van der Waals surface area contributed by atoms with E-state index in [-0.39, 0.29) is 0 Å². The topological polar surface area (TPSA) is 55.8 Å². The first-order valence-electron chi connectivity index (χ1n) is 5.68. The molecule has 0 atom stereocenters. The molecule has 18 heavy (non-hydrogen) atoms. The molecule has 4 heteroatoms. The van der Waals surface area contributed by atoms with Crippen molar-refractivity contribution in [3.63, 3.8) is 0 Å². The Balaban J connectivity index is 2.87. The molecule has 0 saturated heterocycles. The van der Waals surface area contributed by atoms with Crippen LogP contribution in [0.4, 0.5) is 0 Å². The number of carboxylic acids is 1. The molecule has 4 nitrogen and oxygen atoms in total. The largest absolute Gasteiger partial charge is 0.491 e. The van der Waals surface area contributed by atoms with Crippen LogP contribution in [-0.4, -0.2) is 31.4 Å². The van der Waals surface area contributed by atoms with E-state index in [1.54, 1.807) is 13.2 Å². The molecule has 0 heterocycles. The quantitative estimate of drug-likeness (QED) is 0.622. The monoisotopic (exact) mass is 250 g/mol. The lowest BCUT2D eigenvalue weighted by atomic mass is 10.1. The van der Waals surface area contributed by atoms with E-state index in [1.807, 2.05) is 26.0 Å². The molecule has 0 fully saturated rings. The number of carboxylic acid groups (broad SMARTS) is 1. The van der Waals surface area contributed by atoms with Crippen LogP contribution < -0.4 is 4.74 Å². The molecule has 0 radical (unpaired) electrons. The number of ether oxygens (including phenoxy) is 2. The molecule has 0 spiro atoms. The second-order valence-corrected chi connectivity index (χ2v) is 4.00. The third kappa shape index (κ3) is 4.22. The third-order valence-electron chi connectivity index (χ3n) is 2.43. The maximum absolute atomic E-state index is 10.5. The summed E-state index contributed by atoms with van der Waals surface area (Å²) in [6.07, 6.45) is 2.70. The number of hydrogen-bond donors (Lipinski definition) is 1. The molecule has 0 aromatic heterocycles. The summed E-state index contributed by atoms with van der Waals surface area (Å²) in [5.41, 5.74) is 2.82. The van der Waals surface area contributed by atoms with Crippen molar-refractivity contribution in [3.8, 4) is 5.75 Å². The maximum atomic E-state index is 10.5. The van der Waals surface area contributed by atoms with E-state index in [1.165, 1.54) is 0 Å². The molecule has 1 aromatic rings. The lowest BCUT2D eigenvalue weighted by Crippen LogP contribution is -2.06. The first kappa shape index (κ1) is 14.3. The standard InChI is InChI=1S/C14H18O4/c1-10-8-12(4-5-13(15)16)9-11(2)14(10)18-7-6-17-3/h4-5,8-9H,6-7H2,1-3H3,(H,15,16)/b5-4+. The molecule has 0 saturated carbocycles. The van der Waals surface area contributed by atoms with Gasteiger partial charge in [-0.05, 0) is 48.7 Å².